The molecule has 0 saturated carbocycles. The first kappa shape index (κ1) is 20.2. The van der Waals surface area contributed by atoms with Gasteiger partial charge in [-0.25, -0.2) is 5.43 Å². The molecule has 0 bridgehead atoms. The predicted octanol–water partition coefficient (Wildman–Crippen LogP) is 2.33. The molecule has 29 heavy (non-hydrogen) atoms. The van der Waals surface area contributed by atoms with Gasteiger partial charge >= 0.3 is 0 Å². The number of ether oxygens (including phenoxy) is 3. The fraction of sp³-hybridized carbons (Fsp3) is 0.286. The van der Waals surface area contributed by atoms with E-state index in [0.29, 0.717) is 22.8 Å². The highest BCUT2D eigenvalue weighted by atomic mass is 16.7. The Balaban J connectivity index is 1.65. The van der Waals surface area contributed by atoms with Gasteiger partial charge in [0.2, 0.25) is 6.79 Å². The number of hydrogen-bond donors (Lipinski definition) is 2. The minimum absolute atomic E-state index is 0.127. The van der Waals surface area contributed by atoms with Gasteiger partial charge < -0.3 is 19.5 Å². The Kier molecular flexibility index (Phi) is 6.33. The molecule has 2 aromatic rings. The van der Waals surface area contributed by atoms with Gasteiger partial charge in [0.15, 0.2) is 11.5 Å². The molecule has 2 aromatic carbocycles. The molecule has 1 aliphatic rings. The SMILES string of the molecule is COc1ccccc1/C=N/NC(=O)C(NC(=O)c1ccc2c(c1)OCO2)C(C)C. The van der Waals surface area contributed by atoms with Crippen molar-refractivity contribution < 1.29 is 23.8 Å². The lowest BCUT2D eigenvalue weighted by Crippen LogP contribution is -2.48. The van der Waals surface area contributed by atoms with E-state index in [2.05, 4.69) is 15.8 Å². The van der Waals surface area contributed by atoms with Gasteiger partial charge in [0.05, 0.1) is 13.3 Å². The summed E-state index contributed by atoms with van der Waals surface area (Å²) in [6, 6.07) is 11.4. The minimum Gasteiger partial charge on any atom is -0.496 e. The van der Waals surface area contributed by atoms with Gasteiger partial charge in [0.25, 0.3) is 11.8 Å². The first-order valence-electron chi connectivity index (χ1n) is 9.16. The number of hydrogen-bond acceptors (Lipinski definition) is 6. The van der Waals surface area contributed by atoms with Crippen LogP contribution in [0.25, 0.3) is 0 Å². The van der Waals surface area contributed by atoms with Crippen molar-refractivity contribution in [1.29, 1.82) is 0 Å². The number of hydrazone groups is 1. The molecule has 0 fully saturated rings. The van der Waals surface area contributed by atoms with E-state index < -0.39 is 11.9 Å². The zero-order valence-electron chi connectivity index (χ0n) is 16.5. The number of nitrogens with zero attached hydrogens (tertiary/aromatic N) is 1. The van der Waals surface area contributed by atoms with E-state index in [0.717, 1.165) is 5.56 Å². The van der Waals surface area contributed by atoms with Crippen LogP contribution in [0.1, 0.15) is 29.8 Å². The zero-order valence-corrected chi connectivity index (χ0v) is 16.5. The summed E-state index contributed by atoms with van der Waals surface area (Å²) < 4.78 is 15.8. The second kappa shape index (κ2) is 9.09. The minimum atomic E-state index is -0.761. The number of methoxy groups -OCH3 is 1. The summed E-state index contributed by atoms with van der Waals surface area (Å²) in [4.78, 5) is 25.2. The van der Waals surface area contributed by atoms with Crippen molar-refractivity contribution in [3.8, 4) is 17.2 Å². The summed E-state index contributed by atoms with van der Waals surface area (Å²) in [6.07, 6.45) is 1.49. The van der Waals surface area contributed by atoms with Crippen LogP contribution in [-0.4, -0.2) is 38.0 Å². The number of carbonyl (C=O) groups is 2. The molecule has 2 N–H and O–H groups in total. The normalized spacial score (nSPS) is 13.4. The van der Waals surface area contributed by atoms with Crippen LogP contribution >= 0.6 is 0 Å². The molecule has 1 aliphatic heterocycles. The summed E-state index contributed by atoms with van der Waals surface area (Å²) in [6.45, 7) is 3.81. The molecular weight excluding hydrogens is 374 g/mol. The Morgan fingerprint density at radius 2 is 1.90 bits per heavy atom. The predicted molar refractivity (Wildman–Crippen MR) is 107 cm³/mol. The number of nitrogens with one attached hydrogen (secondary N) is 2. The largest absolute Gasteiger partial charge is 0.496 e. The Morgan fingerprint density at radius 3 is 2.66 bits per heavy atom. The van der Waals surface area contributed by atoms with Gasteiger partial charge in [0, 0.05) is 11.1 Å². The molecule has 0 radical (unpaired) electrons. The van der Waals surface area contributed by atoms with Crippen LogP contribution in [-0.2, 0) is 4.79 Å². The summed E-state index contributed by atoms with van der Waals surface area (Å²) in [5, 5.41) is 6.74. The van der Waals surface area contributed by atoms with E-state index in [9.17, 15) is 9.59 Å². The number of carbonyl (C=O) groups excluding carboxylic acids is 2. The van der Waals surface area contributed by atoms with E-state index in [1.165, 1.54) is 6.21 Å². The van der Waals surface area contributed by atoms with E-state index in [4.69, 9.17) is 14.2 Å². The number of para-hydroxylation sites is 1. The lowest BCUT2D eigenvalue weighted by atomic mass is 10.0. The van der Waals surface area contributed by atoms with Crippen LogP contribution in [0.5, 0.6) is 17.2 Å². The molecule has 1 unspecified atom stereocenters. The van der Waals surface area contributed by atoms with Gasteiger partial charge in [-0.3, -0.25) is 9.59 Å². The number of fused-ring (bicyclic) bond motifs is 1. The molecule has 0 aromatic heterocycles. The van der Waals surface area contributed by atoms with Crippen molar-refractivity contribution in [3.05, 3.63) is 53.6 Å². The van der Waals surface area contributed by atoms with Crippen LogP contribution in [0, 0.1) is 5.92 Å². The molecular formula is C21H23N3O5. The maximum atomic E-state index is 12.6. The lowest BCUT2D eigenvalue weighted by molar-refractivity contribution is -0.123. The van der Waals surface area contributed by atoms with Crippen LogP contribution in [0.15, 0.2) is 47.6 Å². The maximum absolute atomic E-state index is 12.6. The fourth-order valence-electron chi connectivity index (χ4n) is 2.81. The smallest absolute Gasteiger partial charge is 0.262 e. The first-order chi connectivity index (χ1) is 14.0. The van der Waals surface area contributed by atoms with Crippen LogP contribution in [0.3, 0.4) is 0 Å². The van der Waals surface area contributed by atoms with Crippen molar-refractivity contribution in [3.63, 3.8) is 0 Å². The molecule has 1 atom stereocenters. The molecule has 8 heteroatoms. The molecule has 0 spiro atoms. The Hall–Kier alpha value is -3.55. The topological polar surface area (TPSA) is 98.2 Å². The zero-order chi connectivity index (χ0) is 20.8. The van der Waals surface area contributed by atoms with Gasteiger partial charge in [-0.2, -0.15) is 5.10 Å². The molecule has 8 nitrogen and oxygen atoms in total. The molecule has 2 amide bonds. The first-order valence-corrected chi connectivity index (χ1v) is 9.16. The third-order valence-electron chi connectivity index (χ3n) is 4.39. The number of rotatable bonds is 7. The van der Waals surface area contributed by atoms with Crippen molar-refractivity contribution in [2.45, 2.75) is 19.9 Å². The second-order valence-electron chi connectivity index (χ2n) is 6.74. The van der Waals surface area contributed by atoms with Gasteiger partial charge in [-0.05, 0) is 36.2 Å². The third-order valence-corrected chi connectivity index (χ3v) is 4.39. The highest BCUT2D eigenvalue weighted by Crippen LogP contribution is 2.32. The van der Waals surface area contributed by atoms with Gasteiger partial charge in [-0.1, -0.05) is 26.0 Å². The summed E-state index contributed by atoms with van der Waals surface area (Å²) in [7, 11) is 1.56. The van der Waals surface area contributed by atoms with E-state index in [1.54, 1.807) is 31.4 Å². The van der Waals surface area contributed by atoms with Gasteiger partial charge in [0.1, 0.15) is 11.8 Å². The monoisotopic (exact) mass is 397 g/mol. The molecule has 3 rings (SSSR count). The average Bonchev–Trinajstić information content (AvgIpc) is 3.19. The Bertz CT molecular complexity index is 926. The van der Waals surface area contributed by atoms with E-state index >= 15 is 0 Å². The highest BCUT2D eigenvalue weighted by Gasteiger charge is 2.25. The molecule has 0 saturated heterocycles. The van der Waals surface area contributed by atoms with Crippen molar-refractivity contribution >= 4 is 18.0 Å². The standard InChI is InChI=1S/C21H23N3O5/c1-13(2)19(21(26)24-22-11-15-6-4-5-7-16(15)27-3)23-20(25)14-8-9-17-18(10-14)29-12-28-17/h4-11,13,19H,12H2,1-3H3,(H,23,25)(H,24,26)/b22-11+. The number of benzene rings is 2. The van der Waals surface area contributed by atoms with Gasteiger partial charge in [-0.15, -0.1) is 0 Å². The highest BCUT2D eigenvalue weighted by molar-refractivity contribution is 5.98. The molecule has 0 aliphatic carbocycles. The Labute approximate surface area is 168 Å². The van der Waals surface area contributed by atoms with Crippen molar-refractivity contribution in [2.24, 2.45) is 11.0 Å². The number of amides is 2. The Morgan fingerprint density at radius 1 is 1.14 bits per heavy atom. The van der Waals surface area contributed by atoms with Crippen molar-refractivity contribution in [2.75, 3.05) is 13.9 Å². The third kappa shape index (κ3) is 4.84. The van der Waals surface area contributed by atoms with Crippen LogP contribution in [0.2, 0.25) is 0 Å². The van der Waals surface area contributed by atoms with Crippen molar-refractivity contribution in [1.82, 2.24) is 10.7 Å². The quantitative estimate of drug-likeness (QED) is 0.552. The maximum Gasteiger partial charge on any atom is 0.262 e. The van der Waals surface area contributed by atoms with Crippen LogP contribution < -0.4 is 25.0 Å². The molecule has 152 valence electrons. The van der Waals surface area contributed by atoms with Crippen LogP contribution in [0.4, 0.5) is 0 Å². The molecule has 1 heterocycles. The van der Waals surface area contributed by atoms with E-state index in [1.807, 2.05) is 32.0 Å². The summed E-state index contributed by atoms with van der Waals surface area (Å²) in [5.74, 6) is 0.789. The fourth-order valence-corrected chi connectivity index (χ4v) is 2.81. The second-order valence-corrected chi connectivity index (χ2v) is 6.74. The summed E-state index contributed by atoms with van der Waals surface area (Å²) in [5.41, 5.74) is 3.58. The average molecular weight is 397 g/mol. The summed E-state index contributed by atoms with van der Waals surface area (Å²) >= 11 is 0. The lowest BCUT2D eigenvalue weighted by Gasteiger charge is -2.20. The van der Waals surface area contributed by atoms with E-state index in [-0.39, 0.29) is 18.6 Å².